The SMILES string of the molecule is CS(=O)(=O)c1ccc(NC(=O)c2cc(-c3ccccc3O)n[nH]2)cc1. The van der Waals surface area contributed by atoms with Crippen LogP contribution in [0.15, 0.2) is 59.5 Å². The van der Waals surface area contributed by atoms with Gasteiger partial charge in [0.1, 0.15) is 11.4 Å². The van der Waals surface area contributed by atoms with Gasteiger partial charge in [-0.1, -0.05) is 12.1 Å². The van der Waals surface area contributed by atoms with Crippen LogP contribution in [0.5, 0.6) is 5.75 Å². The molecule has 0 aliphatic heterocycles. The largest absolute Gasteiger partial charge is 0.507 e. The maximum atomic E-state index is 12.3. The second-order valence-corrected chi connectivity index (χ2v) is 7.45. The van der Waals surface area contributed by atoms with Crippen molar-refractivity contribution in [1.82, 2.24) is 10.2 Å². The fraction of sp³-hybridized carbons (Fsp3) is 0.0588. The Hall–Kier alpha value is -3.13. The van der Waals surface area contributed by atoms with E-state index in [4.69, 9.17) is 0 Å². The van der Waals surface area contributed by atoms with Crippen molar-refractivity contribution in [2.75, 3.05) is 11.6 Å². The zero-order valence-electron chi connectivity index (χ0n) is 13.2. The Morgan fingerprint density at radius 3 is 2.44 bits per heavy atom. The first-order valence-corrected chi connectivity index (χ1v) is 9.19. The third-order valence-electron chi connectivity index (χ3n) is 3.54. The van der Waals surface area contributed by atoms with E-state index >= 15 is 0 Å². The molecule has 3 N–H and O–H groups in total. The Morgan fingerprint density at radius 2 is 1.80 bits per heavy atom. The summed E-state index contributed by atoms with van der Waals surface area (Å²) in [7, 11) is -3.28. The van der Waals surface area contributed by atoms with Crippen LogP contribution in [0, 0.1) is 0 Å². The van der Waals surface area contributed by atoms with E-state index in [2.05, 4.69) is 15.5 Å². The Labute approximate surface area is 144 Å². The predicted molar refractivity (Wildman–Crippen MR) is 93.2 cm³/mol. The van der Waals surface area contributed by atoms with E-state index in [0.29, 0.717) is 16.9 Å². The molecule has 25 heavy (non-hydrogen) atoms. The highest BCUT2D eigenvalue weighted by atomic mass is 32.2. The van der Waals surface area contributed by atoms with Gasteiger partial charge < -0.3 is 10.4 Å². The number of anilines is 1. The number of aromatic nitrogens is 2. The van der Waals surface area contributed by atoms with Gasteiger partial charge in [-0.05, 0) is 42.5 Å². The number of phenols is 1. The van der Waals surface area contributed by atoms with Crippen LogP contribution in [0.4, 0.5) is 5.69 Å². The summed E-state index contributed by atoms with van der Waals surface area (Å²) in [6.07, 6.45) is 1.12. The van der Waals surface area contributed by atoms with Crippen LogP contribution in [-0.4, -0.2) is 35.9 Å². The molecular formula is C17H15N3O4S. The first kappa shape index (κ1) is 16.7. The maximum Gasteiger partial charge on any atom is 0.273 e. The van der Waals surface area contributed by atoms with Crippen molar-refractivity contribution >= 4 is 21.4 Å². The molecule has 0 saturated heterocycles. The number of phenolic OH excluding ortho intramolecular Hbond substituents is 1. The van der Waals surface area contributed by atoms with E-state index in [0.717, 1.165) is 6.26 Å². The number of benzene rings is 2. The number of aromatic amines is 1. The highest BCUT2D eigenvalue weighted by Gasteiger charge is 2.14. The lowest BCUT2D eigenvalue weighted by atomic mass is 10.1. The van der Waals surface area contributed by atoms with E-state index < -0.39 is 15.7 Å². The Kier molecular flexibility index (Phi) is 4.28. The van der Waals surface area contributed by atoms with Gasteiger partial charge in [-0.15, -0.1) is 0 Å². The number of amides is 1. The lowest BCUT2D eigenvalue weighted by Gasteiger charge is -2.04. The number of carbonyl (C=O) groups is 1. The quantitative estimate of drug-likeness (QED) is 0.664. The molecule has 2 aromatic carbocycles. The number of aromatic hydroxyl groups is 1. The van der Waals surface area contributed by atoms with Gasteiger partial charge in [0.05, 0.1) is 10.6 Å². The number of hydrogen-bond acceptors (Lipinski definition) is 5. The minimum atomic E-state index is -3.28. The van der Waals surface area contributed by atoms with Crippen LogP contribution < -0.4 is 5.32 Å². The normalized spacial score (nSPS) is 11.2. The lowest BCUT2D eigenvalue weighted by molar-refractivity contribution is 0.102. The molecule has 0 saturated carbocycles. The first-order valence-electron chi connectivity index (χ1n) is 7.30. The van der Waals surface area contributed by atoms with E-state index in [1.165, 1.54) is 36.4 Å². The van der Waals surface area contributed by atoms with Crippen molar-refractivity contribution in [2.24, 2.45) is 0 Å². The highest BCUT2D eigenvalue weighted by Crippen LogP contribution is 2.27. The average Bonchev–Trinajstić information content (AvgIpc) is 3.05. The number of sulfone groups is 1. The van der Waals surface area contributed by atoms with Gasteiger partial charge in [0.25, 0.3) is 5.91 Å². The van der Waals surface area contributed by atoms with Crippen LogP contribution in [-0.2, 0) is 9.84 Å². The van der Waals surface area contributed by atoms with Gasteiger partial charge in [0.15, 0.2) is 9.84 Å². The molecule has 0 spiro atoms. The molecule has 1 amide bonds. The Bertz CT molecular complexity index is 1020. The summed E-state index contributed by atoms with van der Waals surface area (Å²) in [5.74, 6) is -0.362. The van der Waals surface area contributed by atoms with Crippen molar-refractivity contribution in [3.8, 4) is 17.0 Å². The fourth-order valence-electron chi connectivity index (χ4n) is 2.25. The minimum absolute atomic E-state index is 0.0670. The van der Waals surface area contributed by atoms with Crippen molar-refractivity contribution in [2.45, 2.75) is 4.90 Å². The molecule has 0 aliphatic carbocycles. The van der Waals surface area contributed by atoms with Crippen molar-refractivity contribution < 1.29 is 18.3 Å². The van der Waals surface area contributed by atoms with E-state index in [9.17, 15) is 18.3 Å². The third-order valence-corrected chi connectivity index (χ3v) is 4.67. The molecule has 3 rings (SSSR count). The molecule has 0 aliphatic rings. The van der Waals surface area contributed by atoms with Gasteiger partial charge in [-0.3, -0.25) is 9.89 Å². The van der Waals surface area contributed by atoms with Gasteiger partial charge >= 0.3 is 0 Å². The summed E-state index contributed by atoms with van der Waals surface area (Å²) in [5, 5.41) is 19.1. The molecule has 3 aromatic rings. The molecular weight excluding hydrogens is 342 g/mol. The first-order chi connectivity index (χ1) is 11.8. The second kappa shape index (κ2) is 6.40. The zero-order valence-corrected chi connectivity index (χ0v) is 14.0. The summed E-state index contributed by atoms with van der Waals surface area (Å²) >= 11 is 0. The topological polar surface area (TPSA) is 112 Å². The van der Waals surface area contributed by atoms with Gasteiger partial charge in [0.2, 0.25) is 0 Å². The molecule has 0 unspecified atom stereocenters. The van der Waals surface area contributed by atoms with Crippen LogP contribution >= 0.6 is 0 Å². The highest BCUT2D eigenvalue weighted by molar-refractivity contribution is 7.90. The number of nitrogens with zero attached hydrogens (tertiary/aromatic N) is 1. The number of hydrogen-bond donors (Lipinski definition) is 3. The Morgan fingerprint density at radius 1 is 1.12 bits per heavy atom. The molecule has 1 aromatic heterocycles. The number of carbonyl (C=O) groups excluding carboxylic acids is 1. The van der Waals surface area contributed by atoms with Crippen LogP contribution in [0.1, 0.15) is 10.5 Å². The fourth-order valence-corrected chi connectivity index (χ4v) is 2.88. The van der Waals surface area contributed by atoms with Crippen molar-refractivity contribution in [3.63, 3.8) is 0 Å². The van der Waals surface area contributed by atoms with Crippen LogP contribution in [0.2, 0.25) is 0 Å². The van der Waals surface area contributed by atoms with Crippen LogP contribution in [0.3, 0.4) is 0 Å². The molecule has 0 fully saturated rings. The number of para-hydroxylation sites is 1. The van der Waals surface area contributed by atoms with E-state index in [1.54, 1.807) is 18.2 Å². The smallest absolute Gasteiger partial charge is 0.273 e. The van der Waals surface area contributed by atoms with Gasteiger partial charge in [-0.2, -0.15) is 5.10 Å². The average molecular weight is 357 g/mol. The zero-order chi connectivity index (χ0) is 18.0. The molecule has 0 atom stereocenters. The number of H-pyrrole nitrogens is 1. The van der Waals surface area contributed by atoms with Crippen molar-refractivity contribution in [3.05, 3.63) is 60.3 Å². The lowest BCUT2D eigenvalue weighted by Crippen LogP contribution is -2.12. The van der Waals surface area contributed by atoms with E-state index in [-0.39, 0.29) is 16.3 Å². The predicted octanol–water partition coefficient (Wildman–Crippen LogP) is 2.44. The maximum absolute atomic E-state index is 12.3. The molecule has 0 radical (unpaired) electrons. The number of nitrogens with one attached hydrogen (secondary N) is 2. The standard InChI is InChI=1S/C17H15N3O4S/c1-25(23,24)12-8-6-11(7-9-12)18-17(22)15-10-14(19-20-15)13-4-2-3-5-16(13)21/h2-10,21H,1H3,(H,18,22)(H,19,20). The van der Waals surface area contributed by atoms with Gasteiger partial charge in [-0.25, -0.2) is 8.42 Å². The number of rotatable bonds is 4. The molecule has 7 nitrogen and oxygen atoms in total. The summed E-state index contributed by atoms with van der Waals surface area (Å²) in [4.78, 5) is 12.4. The molecule has 128 valence electrons. The van der Waals surface area contributed by atoms with Gasteiger partial charge in [0, 0.05) is 17.5 Å². The molecule has 1 heterocycles. The summed E-state index contributed by atoms with van der Waals surface area (Å²) in [5.41, 5.74) is 1.62. The molecule has 0 bridgehead atoms. The Balaban J connectivity index is 1.77. The second-order valence-electron chi connectivity index (χ2n) is 5.43. The summed E-state index contributed by atoms with van der Waals surface area (Å²) in [6, 6.07) is 14.1. The minimum Gasteiger partial charge on any atom is -0.507 e. The molecule has 8 heteroatoms. The van der Waals surface area contributed by atoms with E-state index in [1.807, 2.05) is 0 Å². The summed E-state index contributed by atoms with van der Waals surface area (Å²) < 4.78 is 22.9. The third kappa shape index (κ3) is 3.69. The summed E-state index contributed by atoms with van der Waals surface area (Å²) in [6.45, 7) is 0. The van der Waals surface area contributed by atoms with Crippen molar-refractivity contribution in [1.29, 1.82) is 0 Å². The monoisotopic (exact) mass is 357 g/mol. The van der Waals surface area contributed by atoms with Crippen LogP contribution in [0.25, 0.3) is 11.3 Å².